The van der Waals surface area contributed by atoms with Gasteiger partial charge in [-0.15, -0.1) is 0 Å². The predicted octanol–water partition coefficient (Wildman–Crippen LogP) is 3.72. The van der Waals surface area contributed by atoms with Crippen LogP contribution in [0.2, 0.25) is 10.2 Å². The molecule has 2 aromatic rings. The van der Waals surface area contributed by atoms with Crippen molar-refractivity contribution in [2.45, 2.75) is 0 Å². The Morgan fingerprint density at radius 2 is 1.95 bits per heavy atom. The van der Waals surface area contributed by atoms with Gasteiger partial charge in [-0.05, 0) is 30.3 Å². The summed E-state index contributed by atoms with van der Waals surface area (Å²) in [7, 11) is 5.16. The summed E-state index contributed by atoms with van der Waals surface area (Å²) in [6, 6.07) is 8.14. The van der Waals surface area contributed by atoms with Crippen LogP contribution < -0.4 is 15.0 Å². The van der Waals surface area contributed by atoms with Crippen molar-refractivity contribution in [3.8, 4) is 5.75 Å². The lowest BCUT2D eigenvalue weighted by molar-refractivity contribution is 0.102. The lowest BCUT2D eigenvalue weighted by Gasteiger charge is -2.14. The summed E-state index contributed by atoms with van der Waals surface area (Å²) in [5, 5.41) is 3.50. The third-order valence-corrected chi connectivity index (χ3v) is 3.34. The first-order valence-corrected chi connectivity index (χ1v) is 7.16. The third-order valence-electron chi connectivity index (χ3n) is 2.91. The number of carbonyl (C=O) groups is 1. The molecule has 22 heavy (non-hydrogen) atoms. The summed E-state index contributed by atoms with van der Waals surface area (Å²) in [4.78, 5) is 18.3. The lowest BCUT2D eigenvalue weighted by Crippen LogP contribution is -2.16. The monoisotopic (exact) mass is 339 g/mol. The molecule has 0 atom stereocenters. The molecule has 0 bridgehead atoms. The number of carbonyl (C=O) groups excluding carboxylic acids is 1. The highest BCUT2D eigenvalue weighted by Crippen LogP contribution is 2.28. The van der Waals surface area contributed by atoms with Crippen LogP contribution in [0, 0.1) is 0 Å². The largest absolute Gasteiger partial charge is 0.495 e. The first-order chi connectivity index (χ1) is 10.4. The van der Waals surface area contributed by atoms with Crippen molar-refractivity contribution in [1.82, 2.24) is 4.98 Å². The molecular weight excluding hydrogens is 325 g/mol. The summed E-state index contributed by atoms with van der Waals surface area (Å²) >= 11 is 11.9. The van der Waals surface area contributed by atoms with E-state index in [1.165, 1.54) is 13.2 Å². The van der Waals surface area contributed by atoms with Gasteiger partial charge in [0.05, 0.1) is 12.8 Å². The van der Waals surface area contributed by atoms with Gasteiger partial charge in [-0.25, -0.2) is 4.98 Å². The smallest absolute Gasteiger partial charge is 0.256 e. The number of nitrogens with one attached hydrogen (secondary N) is 1. The summed E-state index contributed by atoms with van der Waals surface area (Å²) in [6.07, 6.45) is 0. The van der Waals surface area contributed by atoms with E-state index in [-0.39, 0.29) is 11.1 Å². The summed E-state index contributed by atoms with van der Waals surface area (Å²) in [6.45, 7) is 0. The molecule has 2 rings (SSSR count). The molecule has 5 nitrogen and oxygen atoms in total. The number of benzene rings is 1. The fourth-order valence-electron chi connectivity index (χ4n) is 1.82. The minimum absolute atomic E-state index is 0.245. The molecule has 0 aliphatic heterocycles. The molecule has 1 aromatic heterocycles. The highest BCUT2D eigenvalue weighted by molar-refractivity contribution is 6.31. The second-order valence-electron chi connectivity index (χ2n) is 4.73. The molecule has 0 unspecified atom stereocenters. The molecule has 0 fully saturated rings. The molecule has 0 aliphatic rings. The quantitative estimate of drug-likeness (QED) is 0.862. The van der Waals surface area contributed by atoms with E-state index in [2.05, 4.69) is 10.3 Å². The van der Waals surface area contributed by atoms with Gasteiger partial charge in [0.2, 0.25) is 0 Å². The minimum atomic E-state index is -0.326. The number of pyridine rings is 1. The Labute approximate surface area is 138 Å². The van der Waals surface area contributed by atoms with E-state index in [0.717, 1.165) is 0 Å². The average molecular weight is 340 g/mol. The number of methoxy groups -OCH3 is 1. The van der Waals surface area contributed by atoms with Crippen LogP contribution in [0.1, 0.15) is 10.4 Å². The fraction of sp³-hybridized carbons (Fsp3) is 0.200. The number of amides is 1. The molecule has 0 spiro atoms. The number of hydrogen-bond donors (Lipinski definition) is 1. The van der Waals surface area contributed by atoms with Gasteiger partial charge in [-0.2, -0.15) is 0 Å². The van der Waals surface area contributed by atoms with Crippen molar-refractivity contribution >= 4 is 40.6 Å². The Morgan fingerprint density at radius 3 is 2.59 bits per heavy atom. The maximum atomic E-state index is 12.4. The van der Waals surface area contributed by atoms with Gasteiger partial charge in [0.25, 0.3) is 5.91 Å². The zero-order valence-electron chi connectivity index (χ0n) is 12.4. The topological polar surface area (TPSA) is 54.5 Å². The zero-order chi connectivity index (χ0) is 16.3. The summed E-state index contributed by atoms with van der Waals surface area (Å²) in [5.41, 5.74) is 0.880. The normalized spacial score (nSPS) is 10.2. The summed E-state index contributed by atoms with van der Waals surface area (Å²) < 4.78 is 5.20. The number of halogens is 2. The van der Waals surface area contributed by atoms with E-state index in [1.807, 2.05) is 14.1 Å². The first-order valence-electron chi connectivity index (χ1n) is 6.40. The number of nitrogens with zero attached hydrogens (tertiary/aromatic N) is 2. The molecule has 7 heteroatoms. The fourth-order valence-corrected chi connectivity index (χ4v) is 2.19. The van der Waals surface area contributed by atoms with Gasteiger partial charge >= 0.3 is 0 Å². The zero-order valence-corrected chi connectivity index (χ0v) is 13.9. The highest BCUT2D eigenvalue weighted by Gasteiger charge is 2.13. The second kappa shape index (κ2) is 6.85. The van der Waals surface area contributed by atoms with Crippen LogP contribution in [0.15, 0.2) is 30.3 Å². The Hall–Kier alpha value is -1.98. The summed E-state index contributed by atoms with van der Waals surface area (Å²) in [5.74, 6) is 0.786. The molecule has 0 radical (unpaired) electrons. The van der Waals surface area contributed by atoms with Gasteiger partial charge in [0.15, 0.2) is 0 Å². The number of rotatable bonds is 4. The van der Waals surface area contributed by atoms with Gasteiger partial charge in [0.1, 0.15) is 16.7 Å². The van der Waals surface area contributed by atoms with Crippen LogP contribution in [-0.2, 0) is 0 Å². The van der Waals surface area contributed by atoms with Gasteiger partial charge in [-0.1, -0.05) is 23.2 Å². The van der Waals surface area contributed by atoms with Crippen LogP contribution in [0.25, 0.3) is 0 Å². The van der Waals surface area contributed by atoms with Crippen LogP contribution in [0.5, 0.6) is 5.75 Å². The van der Waals surface area contributed by atoms with Crippen molar-refractivity contribution in [2.75, 3.05) is 31.4 Å². The molecule has 1 N–H and O–H groups in total. The standard InChI is InChI=1S/C15H15Cl2N3O2/c1-20(2)14-7-9(6-13(17)19-14)15(21)18-11-8-10(16)4-5-12(11)22-3/h4-8H,1-3H3,(H,18,21). The molecule has 0 aliphatic carbocycles. The van der Waals surface area contributed by atoms with Crippen molar-refractivity contribution in [3.05, 3.63) is 46.1 Å². The Bertz CT molecular complexity index is 705. The third kappa shape index (κ3) is 3.81. The first kappa shape index (κ1) is 16.4. The van der Waals surface area contributed by atoms with Crippen molar-refractivity contribution in [1.29, 1.82) is 0 Å². The number of hydrogen-bond acceptors (Lipinski definition) is 4. The highest BCUT2D eigenvalue weighted by atomic mass is 35.5. The van der Waals surface area contributed by atoms with Crippen molar-refractivity contribution in [2.24, 2.45) is 0 Å². The van der Waals surface area contributed by atoms with Crippen molar-refractivity contribution < 1.29 is 9.53 Å². The van der Waals surface area contributed by atoms with E-state index in [1.54, 1.807) is 29.2 Å². The van der Waals surface area contributed by atoms with Crippen molar-refractivity contribution in [3.63, 3.8) is 0 Å². The number of anilines is 2. The lowest BCUT2D eigenvalue weighted by atomic mass is 10.2. The van der Waals surface area contributed by atoms with E-state index in [9.17, 15) is 4.79 Å². The van der Waals surface area contributed by atoms with Gasteiger partial charge in [0, 0.05) is 24.7 Å². The Kier molecular flexibility index (Phi) is 5.11. The molecule has 1 heterocycles. The van der Waals surface area contributed by atoms with E-state index in [0.29, 0.717) is 27.8 Å². The molecule has 0 saturated carbocycles. The van der Waals surface area contributed by atoms with Gasteiger partial charge < -0.3 is 15.0 Å². The van der Waals surface area contributed by atoms with Crippen LogP contribution in [0.3, 0.4) is 0 Å². The predicted molar refractivity (Wildman–Crippen MR) is 89.5 cm³/mol. The minimum Gasteiger partial charge on any atom is -0.495 e. The average Bonchev–Trinajstić information content (AvgIpc) is 2.46. The molecule has 116 valence electrons. The van der Waals surface area contributed by atoms with Crippen LogP contribution >= 0.6 is 23.2 Å². The van der Waals surface area contributed by atoms with Gasteiger partial charge in [-0.3, -0.25) is 4.79 Å². The number of ether oxygens (including phenoxy) is 1. The number of aromatic nitrogens is 1. The molecule has 1 amide bonds. The Morgan fingerprint density at radius 1 is 1.23 bits per heavy atom. The van der Waals surface area contributed by atoms with E-state index < -0.39 is 0 Å². The molecule has 0 saturated heterocycles. The SMILES string of the molecule is COc1ccc(Cl)cc1NC(=O)c1cc(Cl)nc(N(C)C)c1. The molecule has 1 aromatic carbocycles. The maximum Gasteiger partial charge on any atom is 0.256 e. The van der Waals surface area contributed by atoms with E-state index in [4.69, 9.17) is 27.9 Å². The van der Waals surface area contributed by atoms with Crippen LogP contribution in [0.4, 0.5) is 11.5 Å². The van der Waals surface area contributed by atoms with Crippen LogP contribution in [-0.4, -0.2) is 32.1 Å². The maximum absolute atomic E-state index is 12.4. The van der Waals surface area contributed by atoms with E-state index >= 15 is 0 Å². The Balaban J connectivity index is 2.32. The molecular formula is C15H15Cl2N3O2. The second-order valence-corrected chi connectivity index (χ2v) is 5.55.